The van der Waals surface area contributed by atoms with Gasteiger partial charge >= 0.3 is 0 Å². The van der Waals surface area contributed by atoms with Gasteiger partial charge in [-0.05, 0) is 0 Å². The number of rotatable bonds is 2. The van der Waals surface area contributed by atoms with Crippen molar-refractivity contribution in [2.45, 2.75) is 4.34 Å². The minimum Gasteiger partial charge on any atom is -0.322 e. The van der Waals surface area contributed by atoms with Crippen LogP contribution in [0, 0.1) is 0 Å². The van der Waals surface area contributed by atoms with Crippen molar-refractivity contribution >= 4 is 27.3 Å². The molecule has 0 fully saturated rings. The highest BCUT2D eigenvalue weighted by molar-refractivity contribution is 7.91. The van der Waals surface area contributed by atoms with Gasteiger partial charge in [0.15, 0.2) is 0 Å². The van der Waals surface area contributed by atoms with E-state index in [4.69, 9.17) is 10.9 Å². The molecule has 0 aliphatic rings. The summed E-state index contributed by atoms with van der Waals surface area (Å²) in [6.07, 6.45) is 0. The van der Waals surface area contributed by atoms with Crippen LogP contribution in [0.2, 0.25) is 0 Å². The van der Waals surface area contributed by atoms with Gasteiger partial charge in [0.1, 0.15) is 0 Å². The summed E-state index contributed by atoms with van der Waals surface area (Å²) in [7, 11) is -2.41. The number of amides is 1. The molecule has 1 rings (SSSR count). The van der Waals surface area contributed by atoms with E-state index in [0.717, 1.165) is 4.68 Å². The van der Waals surface area contributed by atoms with Gasteiger partial charge < -0.3 is 5.73 Å². The maximum Gasteiger partial charge on any atom is 0.267 e. The van der Waals surface area contributed by atoms with Crippen molar-refractivity contribution < 1.29 is 13.2 Å². The molecule has 0 spiro atoms. The fourth-order valence-electron chi connectivity index (χ4n) is 0.692. The summed E-state index contributed by atoms with van der Waals surface area (Å²) in [6, 6.07) is 0. The van der Waals surface area contributed by atoms with Crippen LogP contribution in [0.3, 0.4) is 0 Å². The molecule has 0 unspecified atom stereocenters. The molecule has 0 aliphatic carbocycles. The number of hydrogen-bond acceptors (Lipinski definition) is 6. The number of primary sulfonamides is 1. The monoisotopic (exact) mass is 251 g/mol. The van der Waals surface area contributed by atoms with Gasteiger partial charge in [0.05, 0.1) is 6.54 Å². The van der Waals surface area contributed by atoms with E-state index in [-0.39, 0.29) is 15.7 Å². The lowest BCUT2D eigenvalue weighted by molar-refractivity contribution is -0.116. The number of carbonyl (C=O) groups is 1. The van der Waals surface area contributed by atoms with E-state index < -0.39 is 15.9 Å². The average Bonchev–Trinajstić information content (AvgIpc) is 2.47. The molecule has 0 radical (unpaired) electrons. The molecule has 1 aromatic heterocycles. The van der Waals surface area contributed by atoms with E-state index in [1.165, 1.54) is 7.05 Å². The first-order valence-electron chi connectivity index (χ1n) is 3.69. The number of nitrogens with two attached hydrogens (primary N) is 2. The summed E-state index contributed by atoms with van der Waals surface area (Å²) in [5, 5.41) is 8.46. The molecule has 0 saturated heterocycles. The molecule has 10 heteroatoms. The molecule has 4 N–H and O–H groups in total. The Morgan fingerprint density at radius 2 is 2.27 bits per heavy atom. The highest BCUT2D eigenvalue weighted by Crippen LogP contribution is 2.03. The molecule has 0 aromatic carbocycles. The molecule has 8 nitrogen and oxygen atoms in total. The topological polar surface area (TPSA) is 133 Å². The Hall–Kier alpha value is -1.10. The highest BCUT2D eigenvalue weighted by Gasteiger charge is 2.14. The average molecular weight is 251 g/mol. The van der Waals surface area contributed by atoms with Gasteiger partial charge in [0, 0.05) is 7.05 Å². The van der Waals surface area contributed by atoms with Gasteiger partial charge in [0.2, 0.25) is 9.14 Å². The normalized spacial score (nSPS) is 13.1. The van der Waals surface area contributed by atoms with Crippen LogP contribution >= 0.6 is 11.3 Å². The lowest BCUT2D eigenvalue weighted by atomic mass is 10.6. The summed E-state index contributed by atoms with van der Waals surface area (Å²) in [5.74, 6) is -0.560. The van der Waals surface area contributed by atoms with Crippen LogP contribution in [0.1, 0.15) is 0 Å². The van der Waals surface area contributed by atoms with E-state index in [9.17, 15) is 13.2 Å². The van der Waals surface area contributed by atoms with E-state index in [1.807, 2.05) is 0 Å². The summed E-state index contributed by atoms with van der Waals surface area (Å²) in [5.41, 5.74) is 5.05. The Bertz CT molecular complexity index is 539. The second-order valence-electron chi connectivity index (χ2n) is 2.53. The molecule has 0 saturated carbocycles. The van der Waals surface area contributed by atoms with E-state index in [0.29, 0.717) is 11.3 Å². The molecular weight excluding hydrogens is 242 g/mol. The predicted molar refractivity (Wildman–Crippen MR) is 52.1 cm³/mol. The third kappa shape index (κ3) is 2.92. The van der Waals surface area contributed by atoms with Crippen LogP contribution in [0.15, 0.2) is 9.33 Å². The van der Waals surface area contributed by atoms with Gasteiger partial charge in [-0.1, -0.05) is 11.3 Å². The van der Waals surface area contributed by atoms with Crippen molar-refractivity contribution in [1.82, 2.24) is 9.78 Å². The van der Waals surface area contributed by atoms with Gasteiger partial charge in [-0.15, -0.1) is 5.10 Å². The number of sulfonamides is 1. The molecule has 1 aromatic rings. The Kier molecular flexibility index (Phi) is 3.34. The zero-order chi connectivity index (χ0) is 11.6. The zero-order valence-corrected chi connectivity index (χ0v) is 9.38. The minimum atomic E-state index is -3.86. The van der Waals surface area contributed by atoms with Crippen molar-refractivity contribution in [2.75, 3.05) is 6.54 Å². The van der Waals surface area contributed by atoms with Crippen LogP contribution in [0.5, 0.6) is 0 Å². The van der Waals surface area contributed by atoms with E-state index in [1.54, 1.807) is 0 Å². The van der Waals surface area contributed by atoms with Crippen LogP contribution < -0.4 is 15.7 Å². The SMILES string of the molecule is Cn1nc(S(N)(=O)=O)sc1=NC(=O)CN. The van der Waals surface area contributed by atoms with Crippen LogP contribution in [0.25, 0.3) is 0 Å². The van der Waals surface area contributed by atoms with Gasteiger partial charge in [-0.3, -0.25) is 4.79 Å². The van der Waals surface area contributed by atoms with Crippen LogP contribution in [0.4, 0.5) is 0 Å². The van der Waals surface area contributed by atoms with Gasteiger partial charge in [-0.2, -0.15) is 4.99 Å². The molecular formula is C5H9N5O3S2. The van der Waals surface area contributed by atoms with Crippen molar-refractivity contribution in [3.8, 4) is 0 Å². The number of aromatic nitrogens is 2. The Balaban J connectivity index is 3.30. The highest BCUT2D eigenvalue weighted by atomic mass is 32.2. The smallest absolute Gasteiger partial charge is 0.267 e. The first-order chi connectivity index (χ1) is 6.84. The van der Waals surface area contributed by atoms with Crippen LogP contribution in [-0.4, -0.2) is 30.7 Å². The number of carbonyl (C=O) groups excluding carboxylic acids is 1. The minimum absolute atomic E-state index is 0.134. The predicted octanol–water partition coefficient (Wildman–Crippen LogP) is -2.48. The Morgan fingerprint density at radius 1 is 1.67 bits per heavy atom. The first-order valence-corrected chi connectivity index (χ1v) is 6.05. The van der Waals surface area contributed by atoms with Crippen molar-refractivity contribution in [3.05, 3.63) is 4.80 Å². The summed E-state index contributed by atoms with van der Waals surface area (Å²) < 4.78 is 22.7. The Morgan fingerprint density at radius 3 is 2.67 bits per heavy atom. The Labute approximate surface area is 89.3 Å². The van der Waals surface area contributed by atoms with E-state index in [2.05, 4.69) is 10.1 Å². The maximum absolute atomic E-state index is 10.9. The van der Waals surface area contributed by atoms with Crippen molar-refractivity contribution in [1.29, 1.82) is 0 Å². The second kappa shape index (κ2) is 4.18. The fourth-order valence-corrected chi connectivity index (χ4v) is 2.26. The van der Waals surface area contributed by atoms with Crippen LogP contribution in [-0.2, 0) is 21.9 Å². The third-order valence-electron chi connectivity index (χ3n) is 1.33. The molecule has 84 valence electrons. The summed E-state index contributed by atoms with van der Waals surface area (Å²) in [4.78, 5) is 14.6. The molecule has 0 atom stereocenters. The lowest BCUT2D eigenvalue weighted by Crippen LogP contribution is -2.18. The lowest BCUT2D eigenvalue weighted by Gasteiger charge is -1.87. The molecule has 15 heavy (non-hydrogen) atoms. The summed E-state index contributed by atoms with van der Waals surface area (Å²) in [6.45, 7) is -0.247. The second-order valence-corrected chi connectivity index (χ2v) is 5.22. The first kappa shape index (κ1) is 12.0. The third-order valence-corrected chi connectivity index (χ3v) is 3.64. The maximum atomic E-state index is 10.9. The van der Waals surface area contributed by atoms with Crippen molar-refractivity contribution in [2.24, 2.45) is 22.9 Å². The quantitative estimate of drug-likeness (QED) is 0.600. The number of hydrogen-bond donors (Lipinski definition) is 2. The molecule has 0 bridgehead atoms. The molecule has 1 heterocycles. The molecule has 0 aliphatic heterocycles. The van der Waals surface area contributed by atoms with E-state index >= 15 is 0 Å². The van der Waals surface area contributed by atoms with Gasteiger partial charge in [-0.25, -0.2) is 18.2 Å². The van der Waals surface area contributed by atoms with Gasteiger partial charge in [0.25, 0.3) is 15.9 Å². The van der Waals surface area contributed by atoms with Crippen molar-refractivity contribution in [3.63, 3.8) is 0 Å². The number of nitrogens with zero attached hydrogens (tertiary/aromatic N) is 3. The standard InChI is InChI=1S/C5H9N5O3S2/c1-10-4(8-3(11)2-6)14-5(9-10)15(7,12)13/h2,6H2,1H3,(H2,7,12,13). The molecule has 1 amide bonds. The zero-order valence-electron chi connectivity index (χ0n) is 7.74. The fraction of sp³-hybridized carbons (Fsp3) is 0.400. The summed E-state index contributed by atoms with van der Waals surface area (Å²) >= 11 is 0.706. The number of aryl methyl sites for hydroxylation is 1. The largest absolute Gasteiger partial charge is 0.322 e.